The van der Waals surface area contributed by atoms with Crippen molar-refractivity contribution < 1.29 is 14.3 Å². The summed E-state index contributed by atoms with van der Waals surface area (Å²) in [6.07, 6.45) is 0.836. The second-order valence-electron chi connectivity index (χ2n) is 6.72. The van der Waals surface area contributed by atoms with E-state index >= 15 is 0 Å². The predicted octanol–water partition coefficient (Wildman–Crippen LogP) is 1.79. The van der Waals surface area contributed by atoms with Gasteiger partial charge in [-0.25, -0.2) is 9.79 Å². The van der Waals surface area contributed by atoms with Crippen molar-refractivity contribution in [3.8, 4) is 0 Å². The number of aliphatic imine (C=N–C) groups is 1. The number of benzene rings is 1. The Balaban J connectivity index is 1.64. The molecule has 3 rings (SSSR count). The molecule has 0 aliphatic carbocycles. The molecule has 2 aromatic rings. The van der Waals surface area contributed by atoms with Gasteiger partial charge in [-0.05, 0) is 11.5 Å². The number of ether oxygens (including phenoxy) is 1. The summed E-state index contributed by atoms with van der Waals surface area (Å²) in [5.41, 5.74) is 0.501. The topological polar surface area (TPSA) is 138 Å². The lowest BCUT2D eigenvalue weighted by atomic mass is 10.0. The molecular formula is C19H22N6O4. The Morgan fingerprint density at radius 3 is 2.72 bits per heavy atom. The largest absolute Gasteiger partial charge is 0.445 e. The quantitative estimate of drug-likeness (QED) is 0.585. The van der Waals surface area contributed by atoms with Crippen LogP contribution in [0.4, 0.5) is 22.2 Å². The minimum Gasteiger partial charge on any atom is -0.445 e. The van der Waals surface area contributed by atoms with Crippen LogP contribution in [0.2, 0.25) is 0 Å². The highest BCUT2D eigenvalue weighted by molar-refractivity contribution is 5.95. The molecule has 10 nitrogen and oxygen atoms in total. The lowest BCUT2D eigenvalue weighted by molar-refractivity contribution is -0.119. The molecule has 152 valence electrons. The molecule has 1 aromatic heterocycles. The second kappa shape index (κ2) is 9.00. The van der Waals surface area contributed by atoms with Gasteiger partial charge < -0.3 is 15.4 Å². The minimum atomic E-state index is -0.884. The first-order valence-corrected chi connectivity index (χ1v) is 9.13. The van der Waals surface area contributed by atoms with Gasteiger partial charge in [0.1, 0.15) is 12.6 Å². The number of fused-ring (bicyclic) bond motifs is 1. The van der Waals surface area contributed by atoms with Crippen molar-refractivity contribution in [3.05, 3.63) is 46.2 Å². The van der Waals surface area contributed by atoms with Gasteiger partial charge in [0.15, 0.2) is 11.5 Å². The van der Waals surface area contributed by atoms with Gasteiger partial charge >= 0.3 is 6.09 Å². The first kappa shape index (κ1) is 20.1. The molecule has 0 saturated carbocycles. The summed E-state index contributed by atoms with van der Waals surface area (Å²) in [5, 5.41) is 7.99. The number of anilines is 2. The molecule has 0 radical (unpaired) electrons. The number of alkyl carbamates (subject to hydrolysis) is 1. The zero-order chi connectivity index (χ0) is 20.8. The number of aromatic amines is 1. The van der Waals surface area contributed by atoms with Crippen LogP contribution < -0.4 is 21.5 Å². The van der Waals surface area contributed by atoms with Crippen molar-refractivity contribution in [1.29, 1.82) is 0 Å². The second-order valence-corrected chi connectivity index (χ2v) is 6.72. The van der Waals surface area contributed by atoms with Crippen LogP contribution >= 0.6 is 0 Å². The summed E-state index contributed by atoms with van der Waals surface area (Å²) in [5.74, 6) is -0.512. The van der Waals surface area contributed by atoms with E-state index in [0.717, 1.165) is 5.56 Å². The molecule has 1 atom stereocenters. The first-order valence-electron chi connectivity index (χ1n) is 9.13. The van der Waals surface area contributed by atoms with Gasteiger partial charge in [0.2, 0.25) is 11.9 Å². The van der Waals surface area contributed by atoms with Gasteiger partial charge in [0.05, 0.1) is 6.54 Å². The highest BCUT2D eigenvalue weighted by Crippen LogP contribution is 2.20. The summed E-state index contributed by atoms with van der Waals surface area (Å²) in [4.78, 5) is 47.4. The summed E-state index contributed by atoms with van der Waals surface area (Å²) in [6.45, 7) is 4.08. The number of nitrogens with one attached hydrogen (secondary N) is 4. The Hall–Kier alpha value is -3.69. The van der Waals surface area contributed by atoms with Crippen LogP contribution in [0.1, 0.15) is 19.4 Å². The van der Waals surface area contributed by atoms with E-state index in [-0.39, 0.29) is 30.0 Å². The molecule has 0 bridgehead atoms. The van der Waals surface area contributed by atoms with Crippen LogP contribution in [0, 0.1) is 5.92 Å². The average Bonchev–Trinajstić information content (AvgIpc) is 2.71. The SMILES string of the molecule is CC(C)[C@H](NC(=O)OCc1ccccc1)C(=O)Nc1nc2c(c(=O)[nH]1)N=CCN2. The van der Waals surface area contributed by atoms with Gasteiger partial charge in [0.25, 0.3) is 5.56 Å². The molecule has 2 heterocycles. The fourth-order valence-corrected chi connectivity index (χ4v) is 2.67. The Morgan fingerprint density at radius 2 is 2.00 bits per heavy atom. The van der Waals surface area contributed by atoms with Gasteiger partial charge in [0, 0.05) is 6.21 Å². The number of hydrogen-bond donors (Lipinski definition) is 4. The third-order valence-electron chi connectivity index (χ3n) is 4.15. The van der Waals surface area contributed by atoms with Crippen molar-refractivity contribution in [2.75, 3.05) is 17.2 Å². The fraction of sp³-hybridized carbons (Fsp3) is 0.316. The van der Waals surface area contributed by atoms with Crippen LogP contribution in [0.5, 0.6) is 0 Å². The van der Waals surface area contributed by atoms with Gasteiger partial charge in [-0.3, -0.25) is 19.9 Å². The molecule has 2 amide bonds. The molecule has 0 spiro atoms. The molecular weight excluding hydrogens is 376 g/mol. The van der Waals surface area contributed by atoms with E-state index in [1.807, 2.05) is 30.3 Å². The van der Waals surface area contributed by atoms with E-state index in [2.05, 4.69) is 30.9 Å². The lowest BCUT2D eigenvalue weighted by Crippen LogP contribution is -2.47. The number of H-pyrrole nitrogens is 1. The molecule has 1 aliphatic heterocycles. The van der Waals surface area contributed by atoms with Crippen molar-refractivity contribution in [2.24, 2.45) is 10.9 Å². The van der Waals surface area contributed by atoms with Crippen molar-refractivity contribution in [2.45, 2.75) is 26.5 Å². The zero-order valence-electron chi connectivity index (χ0n) is 16.1. The minimum absolute atomic E-state index is 0.0338. The summed E-state index contributed by atoms with van der Waals surface area (Å²) in [6, 6.07) is 8.32. The maximum absolute atomic E-state index is 12.6. The van der Waals surface area contributed by atoms with Gasteiger partial charge in [-0.15, -0.1) is 0 Å². The average molecular weight is 398 g/mol. The Morgan fingerprint density at radius 1 is 1.24 bits per heavy atom. The van der Waals surface area contributed by atoms with Crippen molar-refractivity contribution >= 4 is 35.7 Å². The fourth-order valence-electron chi connectivity index (χ4n) is 2.67. The summed E-state index contributed by atoms with van der Waals surface area (Å²) in [7, 11) is 0. The number of carbonyl (C=O) groups excluding carboxylic acids is 2. The Bertz CT molecular complexity index is 970. The molecule has 1 aliphatic rings. The van der Waals surface area contributed by atoms with E-state index in [1.165, 1.54) is 0 Å². The van der Waals surface area contributed by atoms with Gasteiger partial charge in [-0.1, -0.05) is 44.2 Å². The Kier molecular flexibility index (Phi) is 6.22. The third kappa shape index (κ3) is 5.18. The number of rotatable bonds is 6. The standard InChI is InChI=1S/C19H22N6O4/c1-11(2)13(22-19(28)29-10-12-6-4-3-5-7-12)16(26)24-18-23-15-14(17(27)25-18)20-8-9-21-15/h3-8,11,13H,9-10H2,1-2H3,(H,22,28)(H3,21,23,24,25,26,27)/t13-/m0/s1. The molecule has 0 fully saturated rings. The van der Waals surface area contributed by atoms with Crippen LogP contribution in [0.15, 0.2) is 40.1 Å². The maximum atomic E-state index is 12.6. The van der Waals surface area contributed by atoms with E-state index in [1.54, 1.807) is 20.1 Å². The number of carbonyl (C=O) groups is 2. The van der Waals surface area contributed by atoms with Gasteiger partial charge in [-0.2, -0.15) is 4.98 Å². The zero-order valence-corrected chi connectivity index (χ0v) is 16.1. The predicted molar refractivity (Wildman–Crippen MR) is 109 cm³/mol. The van der Waals surface area contributed by atoms with E-state index in [4.69, 9.17) is 4.74 Å². The van der Waals surface area contributed by atoms with Crippen molar-refractivity contribution in [3.63, 3.8) is 0 Å². The monoisotopic (exact) mass is 398 g/mol. The van der Waals surface area contributed by atoms with Crippen molar-refractivity contribution in [1.82, 2.24) is 15.3 Å². The molecule has 10 heteroatoms. The number of amides is 2. The van der Waals surface area contributed by atoms with Crippen LogP contribution in [0.3, 0.4) is 0 Å². The third-order valence-corrected chi connectivity index (χ3v) is 4.15. The van der Waals surface area contributed by atoms with Crippen LogP contribution in [0.25, 0.3) is 0 Å². The highest BCUT2D eigenvalue weighted by Gasteiger charge is 2.26. The normalized spacial score (nSPS) is 13.2. The summed E-state index contributed by atoms with van der Waals surface area (Å²) < 4.78 is 5.17. The maximum Gasteiger partial charge on any atom is 0.408 e. The summed E-state index contributed by atoms with van der Waals surface area (Å²) >= 11 is 0. The number of hydrogen-bond acceptors (Lipinski definition) is 7. The molecule has 29 heavy (non-hydrogen) atoms. The smallest absolute Gasteiger partial charge is 0.408 e. The number of aromatic nitrogens is 2. The molecule has 0 unspecified atom stereocenters. The van der Waals surface area contributed by atoms with Crippen LogP contribution in [-0.2, 0) is 16.1 Å². The molecule has 4 N–H and O–H groups in total. The van der Waals surface area contributed by atoms with E-state index in [0.29, 0.717) is 6.54 Å². The van der Waals surface area contributed by atoms with E-state index < -0.39 is 23.6 Å². The highest BCUT2D eigenvalue weighted by atomic mass is 16.5. The Labute approximate surface area is 166 Å². The molecule has 1 aromatic carbocycles. The lowest BCUT2D eigenvalue weighted by Gasteiger charge is -2.21. The van der Waals surface area contributed by atoms with E-state index in [9.17, 15) is 14.4 Å². The number of nitrogens with zero attached hydrogens (tertiary/aromatic N) is 2. The van der Waals surface area contributed by atoms with Crippen LogP contribution in [-0.4, -0.2) is 40.8 Å². The molecule has 0 saturated heterocycles. The first-order chi connectivity index (χ1) is 13.9.